The summed E-state index contributed by atoms with van der Waals surface area (Å²) in [5, 5.41) is 0. The van der Waals surface area contributed by atoms with Gasteiger partial charge in [-0.2, -0.15) is 9.97 Å². The molecule has 0 aliphatic heterocycles. The zero-order valence-electron chi connectivity index (χ0n) is 11.3. The van der Waals surface area contributed by atoms with Crippen LogP contribution in [-0.2, 0) is 6.54 Å². The number of rotatable bonds is 3. The van der Waals surface area contributed by atoms with Gasteiger partial charge in [-0.3, -0.25) is 0 Å². The van der Waals surface area contributed by atoms with Crippen LogP contribution in [0.2, 0.25) is 0 Å². The van der Waals surface area contributed by atoms with E-state index in [4.69, 9.17) is 16.5 Å². The lowest BCUT2D eigenvalue weighted by molar-refractivity contribution is 0.582. The molecule has 1 fully saturated rings. The summed E-state index contributed by atoms with van der Waals surface area (Å²) in [4.78, 5) is 13.1. The summed E-state index contributed by atoms with van der Waals surface area (Å²) in [6.45, 7) is 3.05. The van der Waals surface area contributed by atoms with Gasteiger partial charge in [0.25, 0.3) is 0 Å². The van der Waals surface area contributed by atoms with Crippen LogP contribution in [0.25, 0.3) is 11.2 Å². The Bertz CT molecular complexity index is 597. The Morgan fingerprint density at radius 1 is 1.16 bits per heavy atom. The number of nitrogens with two attached hydrogens (primary N) is 2. The fourth-order valence-corrected chi connectivity index (χ4v) is 3.00. The highest BCUT2D eigenvalue weighted by Crippen LogP contribution is 2.35. The maximum atomic E-state index is 5.93. The van der Waals surface area contributed by atoms with E-state index in [0.29, 0.717) is 17.3 Å². The standard InChI is InChI=1S/C13H20N6/c1-2-7-19-11(8-5-3-4-6-8)16-9-10(14)17-13(15)18-12(9)19/h8H,2-7H2,1H3,(H4,14,15,17,18). The van der Waals surface area contributed by atoms with Crippen LogP contribution < -0.4 is 11.5 Å². The molecule has 0 radical (unpaired) electrons. The van der Waals surface area contributed by atoms with Crippen LogP contribution in [0.5, 0.6) is 0 Å². The average molecular weight is 260 g/mol. The van der Waals surface area contributed by atoms with Gasteiger partial charge in [-0.05, 0) is 19.3 Å². The summed E-state index contributed by atoms with van der Waals surface area (Å²) >= 11 is 0. The first-order valence-corrected chi connectivity index (χ1v) is 6.99. The van der Waals surface area contributed by atoms with Crippen LogP contribution in [-0.4, -0.2) is 19.5 Å². The number of aryl methyl sites for hydroxylation is 1. The third-order valence-electron chi connectivity index (χ3n) is 3.84. The third kappa shape index (κ3) is 2.01. The molecule has 1 saturated carbocycles. The van der Waals surface area contributed by atoms with Crippen LogP contribution in [0, 0.1) is 0 Å². The van der Waals surface area contributed by atoms with Crippen LogP contribution >= 0.6 is 0 Å². The van der Waals surface area contributed by atoms with Gasteiger partial charge >= 0.3 is 0 Å². The predicted octanol–water partition coefficient (Wildman–Crippen LogP) is 2.06. The molecule has 0 saturated heterocycles. The molecule has 2 heterocycles. The molecule has 1 aliphatic rings. The van der Waals surface area contributed by atoms with Crippen molar-refractivity contribution in [1.82, 2.24) is 19.5 Å². The van der Waals surface area contributed by atoms with Crippen molar-refractivity contribution in [3.63, 3.8) is 0 Å². The summed E-state index contributed by atoms with van der Waals surface area (Å²) in [6.07, 6.45) is 6.01. The first-order chi connectivity index (χ1) is 9.20. The number of hydrogen-bond acceptors (Lipinski definition) is 5. The van der Waals surface area contributed by atoms with Gasteiger partial charge in [0.15, 0.2) is 17.0 Å². The van der Waals surface area contributed by atoms with Gasteiger partial charge in [-0.1, -0.05) is 19.8 Å². The number of hydrogen-bond donors (Lipinski definition) is 2. The number of aromatic nitrogens is 4. The molecule has 19 heavy (non-hydrogen) atoms. The third-order valence-corrected chi connectivity index (χ3v) is 3.84. The van der Waals surface area contributed by atoms with E-state index in [-0.39, 0.29) is 5.95 Å². The average Bonchev–Trinajstić information content (AvgIpc) is 2.98. The van der Waals surface area contributed by atoms with E-state index in [0.717, 1.165) is 24.4 Å². The minimum atomic E-state index is 0.222. The zero-order valence-corrected chi connectivity index (χ0v) is 11.3. The van der Waals surface area contributed by atoms with Crippen LogP contribution in [0.15, 0.2) is 0 Å². The molecule has 0 amide bonds. The molecule has 1 aliphatic carbocycles. The molecule has 0 atom stereocenters. The highest BCUT2D eigenvalue weighted by atomic mass is 15.2. The highest BCUT2D eigenvalue weighted by Gasteiger charge is 2.25. The zero-order chi connectivity index (χ0) is 13.4. The predicted molar refractivity (Wildman–Crippen MR) is 75.6 cm³/mol. The fourth-order valence-electron chi connectivity index (χ4n) is 3.00. The first-order valence-electron chi connectivity index (χ1n) is 6.99. The molecule has 102 valence electrons. The lowest BCUT2D eigenvalue weighted by Crippen LogP contribution is -2.08. The van der Waals surface area contributed by atoms with Crippen LogP contribution in [0.4, 0.5) is 11.8 Å². The van der Waals surface area contributed by atoms with E-state index in [2.05, 4.69) is 21.5 Å². The Balaban J connectivity index is 2.19. The van der Waals surface area contributed by atoms with E-state index in [9.17, 15) is 0 Å². The van der Waals surface area contributed by atoms with Gasteiger partial charge in [-0.25, -0.2) is 4.98 Å². The molecule has 2 aromatic heterocycles. The maximum Gasteiger partial charge on any atom is 0.224 e. The fraction of sp³-hybridized carbons (Fsp3) is 0.615. The Labute approximate surface area is 112 Å². The molecule has 0 spiro atoms. The quantitative estimate of drug-likeness (QED) is 0.880. The molecular formula is C13H20N6. The van der Waals surface area contributed by atoms with Crippen molar-refractivity contribution < 1.29 is 0 Å². The molecule has 4 N–H and O–H groups in total. The Hall–Kier alpha value is -1.85. The van der Waals surface area contributed by atoms with Crippen molar-refractivity contribution in [3.05, 3.63) is 5.82 Å². The van der Waals surface area contributed by atoms with E-state index >= 15 is 0 Å². The van der Waals surface area contributed by atoms with Crippen molar-refractivity contribution in [2.24, 2.45) is 0 Å². The van der Waals surface area contributed by atoms with Gasteiger partial charge in [-0.15, -0.1) is 0 Å². The lowest BCUT2D eigenvalue weighted by Gasteiger charge is -2.12. The Morgan fingerprint density at radius 2 is 1.89 bits per heavy atom. The molecule has 0 unspecified atom stereocenters. The molecule has 6 heteroatoms. The Morgan fingerprint density at radius 3 is 2.58 bits per heavy atom. The number of anilines is 2. The second-order valence-corrected chi connectivity index (χ2v) is 5.24. The molecule has 0 aromatic carbocycles. The van der Waals surface area contributed by atoms with Gasteiger partial charge in [0, 0.05) is 12.5 Å². The monoisotopic (exact) mass is 260 g/mol. The number of nitrogens with zero attached hydrogens (tertiary/aromatic N) is 4. The minimum Gasteiger partial charge on any atom is -0.382 e. The van der Waals surface area contributed by atoms with E-state index in [1.54, 1.807) is 0 Å². The minimum absolute atomic E-state index is 0.222. The molecule has 6 nitrogen and oxygen atoms in total. The van der Waals surface area contributed by atoms with Gasteiger partial charge < -0.3 is 16.0 Å². The summed E-state index contributed by atoms with van der Waals surface area (Å²) in [6, 6.07) is 0. The van der Waals surface area contributed by atoms with Crippen molar-refractivity contribution in [2.75, 3.05) is 11.5 Å². The first kappa shape index (κ1) is 12.2. The molecule has 0 bridgehead atoms. The number of fused-ring (bicyclic) bond motifs is 1. The summed E-state index contributed by atoms with van der Waals surface area (Å²) in [5.74, 6) is 2.25. The second kappa shape index (κ2) is 4.68. The number of nitrogen functional groups attached to an aromatic ring is 2. The molecule has 3 rings (SSSR count). The van der Waals surface area contributed by atoms with Gasteiger partial charge in [0.1, 0.15) is 5.82 Å². The van der Waals surface area contributed by atoms with Crippen molar-refractivity contribution in [3.8, 4) is 0 Å². The summed E-state index contributed by atoms with van der Waals surface area (Å²) in [7, 11) is 0. The topological polar surface area (TPSA) is 95.6 Å². The van der Waals surface area contributed by atoms with Crippen molar-refractivity contribution in [1.29, 1.82) is 0 Å². The summed E-state index contributed by atoms with van der Waals surface area (Å²) in [5.41, 5.74) is 13.1. The van der Waals surface area contributed by atoms with E-state index in [1.165, 1.54) is 25.7 Å². The SMILES string of the molecule is CCCn1c(C2CCCC2)nc2c(N)nc(N)nc21. The maximum absolute atomic E-state index is 5.93. The lowest BCUT2D eigenvalue weighted by atomic mass is 10.1. The highest BCUT2D eigenvalue weighted by molar-refractivity contribution is 5.83. The molecular weight excluding hydrogens is 240 g/mol. The summed E-state index contributed by atoms with van der Waals surface area (Å²) < 4.78 is 2.18. The van der Waals surface area contributed by atoms with Crippen molar-refractivity contribution in [2.45, 2.75) is 51.5 Å². The van der Waals surface area contributed by atoms with Crippen LogP contribution in [0.1, 0.15) is 50.8 Å². The van der Waals surface area contributed by atoms with E-state index < -0.39 is 0 Å². The second-order valence-electron chi connectivity index (χ2n) is 5.24. The Kier molecular flexibility index (Phi) is 3.00. The van der Waals surface area contributed by atoms with Gasteiger partial charge in [0.2, 0.25) is 5.95 Å². The van der Waals surface area contributed by atoms with E-state index in [1.807, 2.05) is 0 Å². The van der Waals surface area contributed by atoms with Crippen molar-refractivity contribution >= 4 is 22.9 Å². The largest absolute Gasteiger partial charge is 0.382 e. The van der Waals surface area contributed by atoms with Crippen LogP contribution in [0.3, 0.4) is 0 Å². The normalized spacial score (nSPS) is 16.5. The van der Waals surface area contributed by atoms with Gasteiger partial charge in [0.05, 0.1) is 0 Å². The molecule has 2 aromatic rings. The smallest absolute Gasteiger partial charge is 0.224 e. The number of imidazole rings is 1.